The molecule has 110 valence electrons. The summed E-state index contributed by atoms with van der Waals surface area (Å²) in [4.78, 5) is 16.1. The molecule has 1 aliphatic heterocycles. The summed E-state index contributed by atoms with van der Waals surface area (Å²) in [7, 11) is 1.51. The smallest absolute Gasteiger partial charge is 0.367 e. The molecule has 0 aliphatic carbocycles. The van der Waals surface area contributed by atoms with Crippen LogP contribution in [0.15, 0.2) is 35.5 Å². The molecule has 1 aromatic carbocycles. The normalized spacial score (nSPS) is 15.7. The van der Waals surface area contributed by atoms with Gasteiger partial charge in [0.2, 0.25) is 0 Å². The third-order valence-electron chi connectivity index (χ3n) is 2.78. The second kappa shape index (κ2) is 6.45. The minimum absolute atomic E-state index is 0.314. The number of carbonyl (C=O) groups is 1. The van der Waals surface area contributed by atoms with Crippen LogP contribution in [0.25, 0.3) is 6.08 Å². The van der Waals surface area contributed by atoms with Crippen LogP contribution in [0.4, 0.5) is 0 Å². The molecule has 0 atom stereocenters. The highest BCUT2D eigenvalue weighted by Gasteiger charge is 2.22. The van der Waals surface area contributed by atoms with Crippen molar-refractivity contribution in [2.75, 3.05) is 13.7 Å². The predicted molar refractivity (Wildman–Crippen MR) is 80.9 cm³/mol. The average molecular weight is 308 g/mol. The van der Waals surface area contributed by atoms with Crippen molar-refractivity contribution in [2.24, 2.45) is 5.16 Å². The molecule has 6 heteroatoms. The zero-order chi connectivity index (χ0) is 15.4. The average Bonchev–Trinajstić information content (AvgIpc) is 2.77. The summed E-state index contributed by atoms with van der Waals surface area (Å²) in [5.74, 6) is 0.410. The Morgan fingerprint density at radius 2 is 2.24 bits per heavy atom. The Balaban J connectivity index is 2.41. The second-order valence-electron chi connectivity index (χ2n) is 4.25. The van der Waals surface area contributed by atoms with E-state index in [4.69, 9.17) is 21.1 Å². The van der Waals surface area contributed by atoms with Gasteiger partial charge in [0, 0.05) is 0 Å². The first-order valence-electron chi connectivity index (χ1n) is 6.16. The molecule has 0 unspecified atom stereocenters. The third-order valence-corrected chi connectivity index (χ3v) is 3.06. The summed E-state index contributed by atoms with van der Waals surface area (Å²) >= 11 is 6.19. The Kier molecular flexibility index (Phi) is 4.65. The first kappa shape index (κ1) is 15.1. The summed E-state index contributed by atoms with van der Waals surface area (Å²) in [6.07, 6.45) is 3.25. The van der Waals surface area contributed by atoms with Crippen LogP contribution in [0.2, 0.25) is 5.02 Å². The molecule has 0 N–H and O–H groups in total. The molecular weight excluding hydrogens is 294 g/mol. The van der Waals surface area contributed by atoms with Crippen molar-refractivity contribution < 1.29 is 19.1 Å². The molecule has 0 fully saturated rings. The number of halogens is 1. The molecule has 2 rings (SSSR count). The lowest BCUT2D eigenvalue weighted by Crippen LogP contribution is -2.02. The van der Waals surface area contributed by atoms with Crippen molar-refractivity contribution in [2.45, 2.75) is 6.92 Å². The highest BCUT2D eigenvalue weighted by molar-refractivity contribution is 6.32. The number of ether oxygens (including phenoxy) is 2. The summed E-state index contributed by atoms with van der Waals surface area (Å²) in [5.41, 5.74) is 1.58. The Bertz CT molecular complexity index is 649. The molecule has 5 nitrogen and oxygen atoms in total. The minimum Gasteiger partial charge on any atom is -0.493 e. The zero-order valence-electron chi connectivity index (χ0n) is 11.7. The lowest BCUT2D eigenvalue weighted by molar-refractivity contribution is -0.136. The van der Waals surface area contributed by atoms with Gasteiger partial charge in [0.15, 0.2) is 11.5 Å². The molecule has 21 heavy (non-hydrogen) atoms. The minimum atomic E-state index is -0.491. The number of methoxy groups -OCH3 is 1. The maximum atomic E-state index is 11.5. The molecule has 0 radical (unpaired) electrons. The first-order valence-corrected chi connectivity index (χ1v) is 6.54. The Morgan fingerprint density at radius 3 is 2.81 bits per heavy atom. The molecule has 0 aromatic heterocycles. The number of hydrogen-bond donors (Lipinski definition) is 0. The van der Waals surface area contributed by atoms with Crippen molar-refractivity contribution in [3.8, 4) is 11.5 Å². The monoisotopic (exact) mass is 307 g/mol. The number of benzene rings is 1. The van der Waals surface area contributed by atoms with E-state index in [-0.39, 0.29) is 0 Å². The number of carbonyl (C=O) groups excluding carboxylic acids is 1. The van der Waals surface area contributed by atoms with Gasteiger partial charge in [0.05, 0.1) is 23.4 Å². The van der Waals surface area contributed by atoms with Crippen molar-refractivity contribution in [3.63, 3.8) is 0 Å². The molecule has 1 aromatic rings. The van der Waals surface area contributed by atoms with Gasteiger partial charge >= 0.3 is 5.97 Å². The van der Waals surface area contributed by atoms with E-state index in [0.29, 0.717) is 40.0 Å². The summed E-state index contributed by atoms with van der Waals surface area (Å²) in [6, 6.07) is 3.39. The first-order chi connectivity index (χ1) is 10.1. The Hall–Kier alpha value is -2.27. The fraction of sp³-hybridized carbons (Fsp3) is 0.200. The van der Waals surface area contributed by atoms with E-state index in [1.165, 1.54) is 7.11 Å². The molecule has 0 spiro atoms. The van der Waals surface area contributed by atoms with E-state index in [2.05, 4.69) is 16.6 Å². The molecule has 1 aliphatic rings. The van der Waals surface area contributed by atoms with Crippen LogP contribution in [0.3, 0.4) is 0 Å². The van der Waals surface area contributed by atoms with Crippen LogP contribution in [0.5, 0.6) is 11.5 Å². The topological polar surface area (TPSA) is 57.1 Å². The Labute approximate surface area is 127 Å². The van der Waals surface area contributed by atoms with Crippen LogP contribution in [0, 0.1) is 0 Å². The number of hydrogen-bond acceptors (Lipinski definition) is 5. The fourth-order valence-corrected chi connectivity index (χ4v) is 2.07. The van der Waals surface area contributed by atoms with Crippen LogP contribution in [-0.4, -0.2) is 25.4 Å². The quantitative estimate of drug-likeness (QED) is 0.476. The lowest BCUT2D eigenvalue weighted by atomic mass is 10.1. The van der Waals surface area contributed by atoms with E-state index < -0.39 is 5.97 Å². The van der Waals surface area contributed by atoms with Crippen molar-refractivity contribution in [1.82, 2.24) is 0 Å². The molecule has 0 saturated carbocycles. The zero-order valence-corrected chi connectivity index (χ0v) is 12.4. The van der Waals surface area contributed by atoms with Gasteiger partial charge < -0.3 is 14.3 Å². The number of oxime groups is 1. The molecule has 0 bridgehead atoms. The van der Waals surface area contributed by atoms with E-state index >= 15 is 0 Å². The van der Waals surface area contributed by atoms with Crippen LogP contribution in [0.1, 0.15) is 12.5 Å². The van der Waals surface area contributed by atoms with Crippen molar-refractivity contribution >= 4 is 29.4 Å². The van der Waals surface area contributed by atoms with Gasteiger partial charge in [-0.25, -0.2) is 4.79 Å². The SMILES string of the molecule is C=CCOc1c(Cl)cc(C=C2C(=O)ON=C2C)cc1OC. The van der Waals surface area contributed by atoms with Gasteiger partial charge in [-0.3, -0.25) is 0 Å². The summed E-state index contributed by atoms with van der Waals surface area (Å²) in [5, 5.41) is 4.00. The van der Waals surface area contributed by atoms with Crippen LogP contribution < -0.4 is 9.47 Å². The highest BCUT2D eigenvalue weighted by Crippen LogP contribution is 2.37. The maximum absolute atomic E-state index is 11.5. The number of rotatable bonds is 5. The van der Waals surface area contributed by atoms with Gasteiger partial charge in [-0.05, 0) is 30.7 Å². The lowest BCUT2D eigenvalue weighted by Gasteiger charge is -2.12. The van der Waals surface area contributed by atoms with Crippen molar-refractivity contribution in [3.05, 3.63) is 40.9 Å². The van der Waals surface area contributed by atoms with Gasteiger partial charge in [-0.1, -0.05) is 29.4 Å². The van der Waals surface area contributed by atoms with Crippen LogP contribution >= 0.6 is 11.6 Å². The van der Waals surface area contributed by atoms with E-state index in [9.17, 15) is 4.79 Å². The fourth-order valence-electron chi connectivity index (χ4n) is 1.79. The van der Waals surface area contributed by atoms with Gasteiger partial charge in [-0.15, -0.1) is 0 Å². The molecule has 1 heterocycles. The second-order valence-corrected chi connectivity index (χ2v) is 4.65. The van der Waals surface area contributed by atoms with Crippen molar-refractivity contribution in [1.29, 1.82) is 0 Å². The highest BCUT2D eigenvalue weighted by atomic mass is 35.5. The summed E-state index contributed by atoms with van der Waals surface area (Å²) < 4.78 is 10.7. The van der Waals surface area contributed by atoms with E-state index in [0.717, 1.165) is 0 Å². The van der Waals surface area contributed by atoms with E-state index in [1.807, 2.05) is 0 Å². The molecule has 0 saturated heterocycles. The van der Waals surface area contributed by atoms with Crippen LogP contribution in [-0.2, 0) is 9.63 Å². The maximum Gasteiger partial charge on any atom is 0.367 e. The summed E-state index contributed by atoms with van der Waals surface area (Å²) in [6.45, 7) is 5.59. The predicted octanol–water partition coefficient (Wildman–Crippen LogP) is 3.23. The molecular formula is C15H14ClNO4. The largest absolute Gasteiger partial charge is 0.493 e. The third kappa shape index (κ3) is 3.25. The van der Waals surface area contributed by atoms with Gasteiger partial charge in [0.1, 0.15) is 6.61 Å². The Morgan fingerprint density at radius 1 is 1.48 bits per heavy atom. The number of nitrogens with zero attached hydrogens (tertiary/aromatic N) is 1. The standard InChI is InChI=1S/C15H14ClNO4/c1-4-5-20-14-12(16)7-10(8-13(14)19-3)6-11-9(2)17-21-15(11)18/h4,6-8H,1,5H2,2-3H3. The van der Waals surface area contributed by atoms with Gasteiger partial charge in [0.25, 0.3) is 0 Å². The van der Waals surface area contributed by atoms with Gasteiger partial charge in [-0.2, -0.15) is 0 Å². The van der Waals surface area contributed by atoms with E-state index in [1.54, 1.807) is 31.2 Å². The molecule has 0 amide bonds.